The summed E-state index contributed by atoms with van der Waals surface area (Å²) < 4.78 is 2.65. The summed E-state index contributed by atoms with van der Waals surface area (Å²) in [6, 6.07) is 0. The highest BCUT2D eigenvalue weighted by atomic mass is 32.1. The van der Waals surface area contributed by atoms with E-state index in [-0.39, 0.29) is 5.91 Å². The van der Waals surface area contributed by atoms with Crippen molar-refractivity contribution >= 4 is 18.1 Å². The summed E-state index contributed by atoms with van der Waals surface area (Å²) in [7, 11) is 0. The zero-order valence-corrected chi connectivity index (χ0v) is 10.3. The predicted octanol–water partition coefficient (Wildman–Crippen LogP) is 1.55. The van der Waals surface area contributed by atoms with Crippen molar-refractivity contribution in [3.05, 3.63) is 10.6 Å². The van der Waals surface area contributed by atoms with Crippen LogP contribution in [0.15, 0.2) is 0 Å². The average molecular weight is 242 g/mol. The number of nitrogens with zero attached hydrogens (tertiary/aromatic N) is 2. The first-order valence-corrected chi connectivity index (χ1v) is 5.98. The Morgan fingerprint density at radius 1 is 1.56 bits per heavy atom. The Balaban J connectivity index is 2.49. The van der Waals surface area contributed by atoms with E-state index in [1.807, 2.05) is 4.57 Å². The van der Waals surface area contributed by atoms with Crippen LogP contribution >= 0.6 is 12.2 Å². The smallest absolute Gasteiger partial charge is 0.217 e. The second-order valence-electron chi connectivity index (χ2n) is 3.77. The molecule has 0 radical (unpaired) electrons. The minimum absolute atomic E-state index is 0.246. The lowest BCUT2D eigenvalue weighted by Crippen LogP contribution is -2.10. The molecule has 6 heteroatoms. The lowest BCUT2D eigenvalue weighted by atomic mass is 10.2. The van der Waals surface area contributed by atoms with Gasteiger partial charge in [-0.15, -0.1) is 0 Å². The number of aromatic nitrogens is 3. The van der Waals surface area contributed by atoms with E-state index in [1.54, 1.807) is 0 Å². The predicted molar refractivity (Wildman–Crippen MR) is 64.5 cm³/mol. The van der Waals surface area contributed by atoms with E-state index in [9.17, 15) is 4.79 Å². The molecule has 0 spiro atoms. The second-order valence-corrected chi connectivity index (χ2v) is 4.16. The number of aromatic amines is 1. The molecule has 5 nitrogen and oxygen atoms in total. The van der Waals surface area contributed by atoms with Crippen LogP contribution in [0.3, 0.4) is 0 Å². The number of nitrogens with two attached hydrogens (primary N) is 1. The molecule has 0 aromatic carbocycles. The van der Waals surface area contributed by atoms with Gasteiger partial charge in [0, 0.05) is 19.4 Å². The molecule has 1 aromatic heterocycles. The SMILES string of the molecule is CCCc1n[nH]c(=S)n1CCCCC(N)=O. The normalized spacial score (nSPS) is 10.6. The highest BCUT2D eigenvalue weighted by molar-refractivity contribution is 7.71. The average Bonchev–Trinajstić information content (AvgIpc) is 2.56. The van der Waals surface area contributed by atoms with E-state index in [1.165, 1.54) is 0 Å². The van der Waals surface area contributed by atoms with Gasteiger partial charge in [0.2, 0.25) is 5.91 Å². The number of rotatable bonds is 7. The largest absolute Gasteiger partial charge is 0.370 e. The third kappa shape index (κ3) is 3.77. The molecule has 0 bridgehead atoms. The van der Waals surface area contributed by atoms with E-state index < -0.39 is 0 Å². The quantitative estimate of drug-likeness (QED) is 0.562. The number of aryl methyl sites for hydroxylation is 1. The zero-order valence-electron chi connectivity index (χ0n) is 9.53. The first kappa shape index (κ1) is 12.9. The van der Waals surface area contributed by atoms with Crippen molar-refractivity contribution in [2.24, 2.45) is 5.73 Å². The third-order valence-electron chi connectivity index (χ3n) is 2.37. The number of nitrogens with one attached hydrogen (secondary N) is 1. The minimum Gasteiger partial charge on any atom is -0.370 e. The second kappa shape index (κ2) is 6.42. The van der Waals surface area contributed by atoms with Gasteiger partial charge in [0.15, 0.2) is 4.77 Å². The molecule has 0 saturated carbocycles. The Labute approximate surface area is 100 Å². The molecule has 0 aliphatic carbocycles. The maximum Gasteiger partial charge on any atom is 0.217 e. The Hall–Kier alpha value is -1.17. The fraction of sp³-hybridized carbons (Fsp3) is 0.700. The molecular weight excluding hydrogens is 224 g/mol. The molecule has 0 unspecified atom stereocenters. The Kier molecular flexibility index (Phi) is 5.18. The molecule has 1 aromatic rings. The van der Waals surface area contributed by atoms with Crippen molar-refractivity contribution in [2.75, 3.05) is 0 Å². The highest BCUT2D eigenvalue weighted by Gasteiger charge is 2.04. The van der Waals surface area contributed by atoms with Crippen LogP contribution in [0.25, 0.3) is 0 Å². The van der Waals surface area contributed by atoms with Gasteiger partial charge in [-0.25, -0.2) is 0 Å². The summed E-state index contributed by atoms with van der Waals surface area (Å²) in [5.74, 6) is 0.746. The summed E-state index contributed by atoms with van der Waals surface area (Å²) >= 11 is 5.14. The summed E-state index contributed by atoms with van der Waals surface area (Å²) in [6.07, 6.45) is 4.10. The van der Waals surface area contributed by atoms with Gasteiger partial charge in [0.05, 0.1) is 0 Å². The van der Waals surface area contributed by atoms with Crippen molar-refractivity contribution < 1.29 is 4.79 Å². The molecule has 0 saturated heterocycles. The maximum absolute atomic E-state index is 10.6. The number of amides is 1. The number of hydrogen-bond acceptors (Lipinski definition) is 3. The standard InChI is InChI=1S/C10H18N4OS/c1-2-5-9-12-13-10(16)14(9)7-4-3-6-8(11)15/h2-7H2,1H3,(H2,11,15)(H,13,16). The summed E-state index contributed by atoms with van der Waals surface area (Å²) in [6.45, 7) is 2.91. The van der Waals surface area contributed by atoms with Crippen molar-refractivity contribution in [3.63, 3.8) is 0 Å². The third-order valence-corrected chi connectivity index (χ3v) is 2.68. The molecule has 0 fully saturated rings. The monoisotopic (exact) mass is 242 g/mol. The minimum atomic E-state index is -0.246. The van der Waals surface area contributed by atoms with Crippen LogP contribution in [0.4, 0.5) is 0 Å². The van der Waals surface area contributed by atoms with E-state index in [0.717, 1.165) is 38.1 Å². The number of hydrogen-bond donors (Lipinski definition) is 2. The molecule has 1 rings (SSSR count). The molecule has 1 amide bonds. The van der Waals surface area contributed by atoms with Crippen molar-refractivity contribution in [1.29, 1.82) is 0 Å². The molecular formula is C10H18N4OS. The van der Waals surface area contributed by atoms with Crippen molar-refractivity contribution in [3.8, 4) is 0 Å². The van der Waals surface area contributed by atoms with E-state index >= 15 is 0 Å². The van der Waals surface area contributed by atoms with Gasteiger partial charge < -0.3 is 10.3 Å². The van der Waals surface area contributed by atoms with Gasteiger partial charge in [-0.2, -0.15) is 5.10 Å². The van der Waals surface area contributed by atoms with Crippen LogP contribution in [0.2, 0.25) is 0 Å². The molecule has 1 heterocycles. The lowest BCUT2D eigenvalue weighted by molar-refractivity contribution is -0.118. The Morgan fingerprint density at radius 2 is 2.31 bits per heavy atom. The van der Waals surface area contributed by atoms with Crippen LogP contribution in [-0.4, -0.2) is 20.7 Å². The van der Waals surface area contributed by atoms with E-state index in [2.05, 4.69) is 17.1 Å². The molecule has 16 heavy (non-hydrogen) atoms. The van der Waals surface area contributed by atoms with Gasteiger partial charge in [-0.1, -0.05) is 6.92 Å². The molecule has 0 atom stereocenters. The van der Waals surface area contributed by atoms with Crippen LogP contribution in [-0.2, 0) is 17.8 Å². The number of unbranched alkanes of at least 4 members (excludes halogenated alkanes) is 1. The molecule has 90 valence electrons. The van der Waals surface area contributed by atoms with Crippen molar-refractivity contribution in [2.45, 2.75) is 45.6 Å². The van der Waals surface area contributed by atoms with Gasteiger partial charge in [-0.3, -0.25) is 9.89 Å². The van der Waals surface area contributed by atoms with Gasteiger partial charge >= 0.3 is 0 Å². The molecule has 0 aliphatic heterocycles. The zero-order chi connectivity index (χ0) is 12.0. The first-order valence-electron chi connectivity index (χ1n) is 5.57. The van der Waals surface area contributed by atoms with E-state index in [4.69, 9.17) is 18.0 Å². The number of H-pyrrole nitrogens is 1. The van der Waals surface area contributed by atoms with Crippen LogP contribution in [0.1, 0.15) is 38.4 Å². The number of primary amides is 1. The number of carbonyl (C=O) groups is 1. The topological polar surface area (TPSA) is 76.7 Å². The fourth-order valence-electron chi connectivity index (χ4n) is 1.56. The van der Waals surface area contributed by atoms with Crippen molar-refractivity contribution in [1.82, 2.24) is 14.8 Å². The van der Waals surface area contributed by atoms with Gasteiger partial charge in [0.1, 0.15) is 5.82 Å². The summed E-state index contributed by atoms with van der Waals surface area (Å²) in [5.41, 5.74) is 5.07. The summed E-state index contributed by atoms with van der Waals surface area (Å²) in [5, 5.41) is 6.97. The van der Waals surface area contributed by atoms with Crippen LogP contribution in [0.5, 0.6) is 0 Å². The first-order chi connectivity index (χ1) is 7.65. The van der Waals surface area contributed by atoms with Gasteiger partial charge in [-0.05, 0) is 31.5 Å². The maximum atomic E-state index is 10.6. The fourth-order valence-corrected chi connectivity index (χ4v) is 1.81. The Morgan fingerprint density at radius 3 is 2.94 bits per heavy atom. The molecule has 3 N–H and O–H groups in total. The summed E-state index contributed by atoms with van der Waals surface area (Å²) in [4.78, 5) is 10.6. The highest BCUT2D eigenvalue weighted by Crippen LogP contribution is 2.05. The van der Waals surface area contributed by atoms with Gasteiger partial charge in [0.25, 0.3) is 0 Å². The van der Waals surface area contributed by atoms with Crippen LogP contribution < -0.4 is 5.73 Å². The number of carbonyl (C=O) groups excluding carboxylic acids is 1. The Bertz CT molecular complexity index is 396. The van der Waals surface area contributed by atoms with E-state index in [0.29, 0.717) is 11.2 Å². The lowest BCUT2D eigenvalue weighted by Gasteiger charge is -2.05. The molecule has 0 aliphatic rings. The van der Waals surface area contributed by atoms with Crippen LogP contribution in [0, 0.1) is 4.77 Å².